The molecule has 0 aliphatic heterocycles. The van der Waals surface area contributed by atoms with Crippen LogP contribution in [0.2, 0.25) is 0 Å². The number of rotatable bonds is 6. The van der Waals surface area contributed by atoms with Crippen LogP contribution in [0.15, 0.2) is 36.9 Å². The number of ketones is 1. The van der Waals surface area contributed by atoms with Crippen molar-refractivity contribution in [2.75, 3.05) is 13.1 Å². The van der Waals surface area contributed by atoms with Crippen LogP contribution in [0.4, 0.5) is 0 Å². The molecular weight excluding hydrogens is 186 g/mol. The number of hydrogen-bond donors (Lipinski definition) is 1. The van der Waals surface area contributed by atoms with Gasteiger partial charge in [0, 0.05) is 25.1 Å². The van der Waals surface area contributed by atoms with Crippen LogP contribution in [0.25, 0.3) is 0 Å². The quantitative estimate of drug-likeness (QED) is 0.437. The molecule has 0 bridgehead atoms. The average molecular weight is 203 g/mol. The third kappa shape index (κ3) is 4.09. The van der Waals surface area contributed by atoms with Crippen molar-refractivity contribution in [3.63, 3.8) is 0 Å². The van der Waals surface area contributed by atoms with Crippen molar-refractivity contribution in [3.8, 4) is 0 Å². The smallest absolute Gasteiger partial charge is 0.164 e. The van der Waals surface area contributed by atoms with E-state index in [2.05, 4.69) is 11.9 Å². The molecule has 1 N–H and O–H groups in total. The van der Waals surface area contributed by atoms with Crippen molar-refractivity contribution in [1.82, 2.24) is 5.32 Å². The van der Waals surface area contributed by atoms with E-state index in [1.54, 1.807) is 6.08 Å². The van der Waals surface area contributed by atoms with Crippen molar-refractivity contribution in [3.05, 3.63) is 48.0 Å². The molecule has 1 rings (SSSR count). The van der Waals surface area contributed by atoms with Gasteiger partial charge in [0.1, 0.15) is 0 Å². The summed E-state index contributed by atoms with van der Waals surface area (Å²) < 4.78 is 0. The maximum absolute atomic E-state index is 11.7. The summed E-state index contributed by atoms with van der Waals surface area (Å²) in [4.78, 5) is 11.7. The van der Waals surface area contributed by atoms with Crippen LogP contribution >= 0.6 is 0 Å². The number of carbonyl (C=O) groups excluding carboxylic acids is 1. The molecule has 0 aliphatic rings. The second-order valence-corrected chi connectivity index (χ2v) is 3.53. The van der Waals surface area contributed by atoms with Gasteiger partial charge in [-0.2, -0.15) is 0 Å². The third-order valence-electron chi connectivity index (χ3n) is 2.19. The first-order valence-corrected chi connectivity index (χ1v) is 5.15. The van der Waals surface area contributed by atoms with E-state index in [1.165, 1.54) is 5.56 Å². The summed E-state index contributed by atoms with van der Waals surface area (Å²) in [5, 5.41) is 3.11. The molecule has 1 aromatic carbocycles. The molecule has 0 unspecified atom stereocenters. The number of benzene rings is 1. The Labute approximate surface area is 91.0 Å². The molecule has 0 spiro atoms. The Balaban J connectivity index is 2.40. The first kappa shape index (κ1) is 11.7. The number of hydrogen-bond acceptors (Lipinski definition) is 2. The molecule has 0 fully saturated rings. The standard InChI is InChI=1S/C13H17NO/c1-3-9-14-10-8-13(15)12-6-4-11(2)5-7-12/h3-7,14H,1,8-10H2,2H3. The van der Waals surface area contributed by atoms with E-state index >= 15 is 0 Å². The third-order valence-corrected chi connectivity index (χ3v) is 2.19. The van der Waals surface area contributed by atoms with Gasteiger partial charge in [-0.1, -0.05) is 35.9 Å². The summed E-state index contributed by atoms with van der Waals surface area (Å²) >= 11 is 0. The second kappa shape index (κ2) is 6.14. The van der Waals surface area contributed by atoms with E-state index in [0.29, 0.717) is 13.0 Å². The first-order chi connectivity index (χ1) is 7.24. The lowest BCUT2D eigenvalue weighted by atomic mass is 10.1. The Kier molecular flexibility index (Phi) is 4.78. The molecule has 15 heavy (non-hydrogen) atoms. The van der Waals surface area contributed by atoms with Crippen molar-refractivity contribution < 1.29 is 4.79 Å². The van der Waals surface area contributed by atoms with Gasteiger partial charge in [0.05, 0.1) is 0 Å². The maximum Gasteiger partial charge on any atom is 0.164 e. The monoisotopic (exact) mass is 203 g/mol. The molecule has 1 aromatic rings. The first-order valence-electron chi connectivity index (χ1n) is 5.15. The van der Waals surface area contributed by atoms with Crippen LogP contribution in [0, 0.1) is 6.92 Å². The van der Waals surface area contributed by atoms with E-state index in [1.807, 2.05) is 31.2 Å². The Bertz CT molecular complexity index is 327. The zero-order valence-electron chi connectivity index (χ0n) is 9.12. The highest BCUT2D eigenvalue weighted by atomic mass is 16.1. The maximum atomic E-state index is 11.7. The van der Waals surface area contributed by atoms with E-state index < -0.39 is 0 Å². The molecular formula is C13H17NO. The summed E-state index contributed by atoms with van der Waals surface area (Å²) in [6.45, 7) is 7.07. The minimum atomic E-state index is 0.187. The summed E-state index contributed by atoms with van der Waals surface area (Å²) in [5.41, 5.74) is 1.97. The normalized spacial score (nSPS) is 9.93. The molecule has 2 nitrogen and oxygen atoms in total. The van der Waals surface area contributed by atoms with Gasteiger partial charge in [-0.3, -0.25) is 4.79 Å². The lowest BCUT2D eigenvalue weighted by Crippen LogP contribution is -2.18. The Hall–Kier alpha value is -1.41. The molecule has 0 aliphatic carbocycles. The predicted octanol–water partition coefficient (Wildman–Crippen LogP) is 2.34. The van der Waals surface area contributed by atoms with Crippen molar-refractivity contribution in [2.24, 2.45) is 0 Å². The van der Waals surface area contributed by atoms with E-state index in [9.17, 15) is 4.79 Å². The largest absolute Gasteiger partial charge is 0.313 e. The van der Waals surface area contributed by atoms with Crippen LogP contribution in [0.3, 0.4) is 0 Å². The van der Waals surface area contributed by atoms with Gasteiger partial charge in [-0.05, 0) is 6.92 Å². The minimum Gasteiger partial charge on any atom is -0.313 e. The van der Waals surface area contributed by atoms with Crippen LogP contribution in [0.5, 0.6) is 0 Å². The lowest BCUT2D eigenvalue weighted by Gasteiger charge is -2.02. The highest BCUT2D eigenvalue weighted by Crippen LogP contribution is 2.05. The molecule has 0 heterocycles. The molecule has 0 saturated carbocycles. The Morgan fingerprint density at radius 1 is 1.40 bits per heavy atom. The summed E-state index contributed by atoms with van der Waals surface area (Å²) in [6.07, 6.45) is 2.33. The highest BCUT2D eigenvalue weighted by Gasteiger charge is 2.03. The van der Waals surface area contributed by atoms with Crippen molar-refractivity contribution >= 4 is 5.78 Å². The van der Waals surface area contributed by atoms with Gasteiger partial charge in [-0.15, -0.1) is 6.58 Å². The van der Waals surface area contributed by atoms with Crippen molar-refractivity contribution in [2.45, 2.75) is 13.3 Å². The second-order valence-electron chi connectivity index (χ2n) is 3.53. The molecule has 2 heteroatoms. The summed E-state index contributed by atoms with van der Waals surface area (Å²) in [6, 6.07) is 7.69. The van der Waals surface area contributed by atoms with Gasteiger partial charge in [0.25, 0.3) is 0 Å². The zero-order chi connectivity index (χ0) is 11.1. The molecule has 80 valence electrons. The molecule has 0 aromatic heterocycles. The summed E-state index contributed by atoms with van der Waals surface area (Å²) in [5.74, 6) is 0.187. The zero-order valence-corrected chi connectivity index (χ0v) is 9.12. The molecule has 0 atom stereocenters. The number of Topliss-reactive ketones (excluding diaryl/α,β-unsaturated/α-hetero) is 1. The number of nitrogens with one attached hydrogen (secondary N) is 1. The van der Waals surface area contributed by atoms with Gasteiger partial charge >= 0.3 is 0 Å². The van der Waals surface area contributed by atoms with Gasteiger partial charge < -0.3 is 5.32 Å². The van der Waals surface area contributed by atoms with Crippen LogP contribution in [-0.4, -0.2) is 18.9 Å². The topological polar surface area (TPSA) is 29.1 Å². The number of carbonyl (C=O) groups is 1. The lowest BCUT2D eigenvalue weighted by molar-refractivity contribution is 0.0983. The van der Waals surface area contributed by atoms with Gasteiger partial charge in [0.15, 0.2) is 5.78 Å². The molecule has 0 amide bonds. The fraction of sp³-hybridized carbons (Fsp3) is 0.308. The average Bonchev–Trinajstić information content (AvgIpc) is 2.25. The minimum absolute atomic E-state index is 0.187. The van der Waals surface area contributed by atoms with Gasteiger partial charge in [-0.25, -0.2) is 0 Å². The summed E-state index contributed by atoms with van der Waals surface area (Å²) in [7, 11) is 0. The van der Waals surface area contributed by atoms with E-state index in [0.717, 1.165) is 12.1 Å². The SMILES string of the molecule is C=CCNCCC(=O)c1ccc(C)cc1. The van der Waals surface area contributed by atoms with Crippen LogP contribution < -0.4 is 5.32 Å². The van der Waals surface area contributed by atoms with Gasteiger partial charge in [0.2, 0.25) is 0 Å². The predicted molar refractivity (Wildman–Crippen MR) is 63.2 cm³/mol. The fourth-order valence-corrected chi connectivity index (χ4v) is 1.29. The Morgan fingerprint density at radius 2 is 2.07 bits per heavy atom. The highest BCUT2D eigenvalue weighted by molar-refractivity contribution is 5.96. The van der Waals surface area contributed by atoms with E-state index in [4.69, 9.17) is 0 Å². The van der Waals surface area contributed by atoms with Crippen LogP contribution in [0.1, 0.15) is 22.3 Å². The molecule has 0 radical (unpaired) electrons. The fourth-order valence-electron chi connectivity index (χ4n) is 1.29. The Morgan fingerprint density at radius 3 is 2.67 bits per heavy atom. The van der Waals surface area contributed by atoms with E-state index in [-0.39, 0.29) is 5.78 Å². The molecule has 0 saturated heterocycles. The number of aryl methyl sites for hydroxylation is 1. The van der Waals surface area contributed by atoms with Crippen molar-refractivity contribution in [1.29, 1.82) is 0 Å². The van der Waals surface area contributed by atoms with Crippen LogP contribution in [-0.2, 0) is 0 Å².